The molecule has 5 rings (SSSR count). The van der Waals surface area contributed by atoms with Crippen molar-refractivity contribution in [3.63, 3.8) is 0 Å². The zero-order chi connectivity index (χ0) is 24.9. The normalized spacial score (nSPS) is 13.9. The van der Waals surface area contributed by atoms with Crippen molar-refractivity contribution in [3.8, 4) is 0 Å². The van der Waals surface area contributed by atoms with Gasteiger partial charge in [0.2, 0.25) is 5.91 Å². The van der Waals surface area contributed by atoms with E-state index in [0.29, 0.717) is 25.2 Å². The number of aromatic amines is 1. The fraction of sp³-hybridized carbons (Fsp3) is 0.231. The van der Waals surface area contributed by atoms with E-state index in [1.807, 2.05) is 41.4 Å². The molecule has 0 saturated carbocycles. The summed E-state index contributed by atoms with van der Waals surface area (Å²) in [5.74, 6) is -0.160. The minimum absolute atomic E-state index is 0.122. The van der Waals surface area contributed by atoms with E-state index in [2.05, 4.69) is 26.1 Å². The van der Waals surface area contributed by atoms with E-state index >= 15 is 0 Å². The van der Waals surface area contributed by atoms with Crippen molar-refractivity contribution in [2.45, 2.75) is 25.2 Å². The van der Waals surface area contributed by atoms with Gasteiger partial charge in [0.15, 0.2) is 0 Å². The molecule has 0 unspecified atom stereocenters. The molecule has 184 valence electrons. The number of H-pyrrole nitrogens is 1. The average molecular weight is 503 g/mol. The number of thiazole rings is 1. The summed E-state index contributed by atoms with van der Waals surface area (Å²) in [6.45, 7) is 1.32. The number of hydrogen-bond donors (Lipinski definition) is 4. The van der Waals surface area contributed by atoms with Crippen LogP contribution in [0.1, 0.15) is 39.8 Å². The maximum atomic E-state index is 12.9. The molecule has 4 amide bonds. The van der Waals surface area contributed by atoms with Crippen LogP contribution in [-0.2, 0) is 11.2 Å². The van der Waals surface area contributed by atoms with E-state index in [1.54, 1.807) is 29.6 Å². The summed E-state index contributed by atoms with van der Waals surface area (Å²) < 4.78 is 0. The van der Waals surface area contributed by atoms with Gasteiger partial charge in [0.25, 0.3) is 5.91 Å². The van der Waals surface area contributed by atoms with Gasteiger partial charge in [0, 0.05) is 47.2 Å². The van der Waals surface area contributed by atoms with Crippen molar-refractivity contribution in [2.75, 3.05) is 18.4 Å². The van der Waals surface area contributed by atoms with Gasteiger partial charge in [-0.1, -0.05) is 36.4 Å². The van der Waals surface area contributed by atoms with Crippen LogP contribution in [-0.4, -0.2) is 45.8 Å². The first kappa shape index (κ1) is 23.6. The predicted octanol–water partition coefficient (Wildman–Crippen LogP) is 4.04. The number of fused-ring (bicyclic) bond motifs is 1. The van der Waals surface area contributed by atoms with Gasteiger partial charge in [0.1, 0.15) is 5.69 Å². The van der Waals surface area contributed by atoms with Crippen molar-refractivity contribution in [3.05, 3.63) is 82.4 Å². The number of hydrazine groups is 1. The van der Waals surface area contributed by atoms with Crippen LogP contribution in [0.4, 0.5) is 10.5 Å². The van der Waals surface area contributed by atoms with E-state index in [4.69, 9.17) is 0 Å². The second kappa shape index (κ2) is 10.6. The third kappa shape index (κ3) is 5.38. The van der Waals surface area contributed by atoms with Crippen LogP contribution in [0.3, 0.4) is 0 Å². The molecule has 1 aliphatic rings. The molecule has 2 aromatic heterocycles. The molecular weight excluding hydrogens is 476 g/mol. The Morgan fingerprint density at radius 1 is 1.00 bits per heavy atom. The van der Waals surface area contributed by atoms with E-state index in [9.17, 15) is 14.4 Å². The van der Waals surface area contributed by atoms with Crippen molar-refractivity contribution in [2.24, 2.45) is 0 Å². The lowest BCUT2D eigenvalue weighted by Crippen LogP contribution is -2.44. The molecule has 0 bridgehead atoms. The molecule has 9 nitrogen and oxygen atoms in total. The number of rotatable bonds is 5. The molecule has 0 aliphatic carbocycles. The van der Waals surface area contributed by atoms with Crippen molar-refractivity contribution in [1.82, 2.24) is 25.7 Å². The first-order chi connectivity index (χ1) is 17.6. The van der Waals surface area contributed by atoms with Crippen molar-refractivity contribution < 1.29 is 14.4 Å². The molecule has 0 spiro atoms. The zero-order valence-corrected chi connectivity index (χ0v) is 20.3. The summed E-state index contributed by atoms with van der Waals surface area (Å²) >= 11 is 1.43. The van der Waals surface area contributed by atoms with Gasteiger partial charge < -0.3 is 15.2 Å². The highest BCUT2D eigenvalue weighted by Gasteiger charge is 2.27. The maximum absolute atomic E-state index is 12.9. The van der Waals surface area contributed by atoms with Gasteiger partial charge in [-0.05, 0) is 36.6 Å². The molecule has 4 N–H and O–H groups in total. The molecule has 0 atom stereocenters. The Kier molecular flexibility index (Phi) is 6.94. The minimum atomic E-state index is -0.547. The van der Waals surface area contributed by atoms with Gasteiger partial charge in [-0.2, -0.15) is 0 Å². The lowest BCUT2D eigenvalue weighted by atomic mass is 9.97. The number of carbonyl (C=O) groups is 3. The summed E-state index contributed by atoms with van der Waals surface area (Å²) in [4.78, 5) is 46.9. The number of aromatic nitrogens is 2. The van der Waals surface area contributed by atoms with Gasteiger partial charge >= 0.3 is 6.03 Å². The monoisotopic (exact) mass is 502 g/mol. The standard InChI is InChI=1S/C26H26N6O3S/c33-23(14-18-15-27-21-9-5-4-8-20(18)21)32-12-10-17(11-13-32)25-29-22(16-36-25)24(34)30-31-26(35)28-19-6-2-1-3-7-19/h1-9,15-17,27H,10-14H2,(H,30,34)(H2,28,31,35). The maximum Gasteiger partial charge on any atom is 0.337 e. The number of piperidine rings is 1. The van der Waals surface area contributed by atoms with Crippen LogP contribution in [0.2, 0.25) is 0 Å². The first-order valence-electron chi connectivity index (χ1n) is 11.8. The Balaban J connectivity index is 1.10. The van der Waals surface area contributed by atoms with Crippen molar-refractivity contribution in [1.29, 1.82) is 0 Å². The van der Waals surface area contributed by atoms with Gasteiger partial charge in [-0.15, -0.1) is 11.3 Å². The number of likely N-dealkylation sites (tertiary alicyclic amines) is 1. The smallest absolute Gasteiger partial charge is 0.337 e. The molecular formula is C26H26N6O3S. The van der Waals surface area contributed by atoms with Crippen molar-refractivity contribution >= 4 is 45.8 Å². The fourth-order valence-corrected chi connectivity index (χ4v) is 5.34. The molecule has 3 heterocycles. The Hall–Kier alpha value is -4.18. The highest BCUT2D eigenvalue weighted by Crippen LogP contribution is 2.31. The topological polar surface area (TPSA) is 119 Å². The Morgan fingerprint density at radius 2 is 1.75 bits per heavy atom. The molecule has 1 saturated heterocycles. The lowest BCUT2D eigenvalue weighted by Gasteiger charge is -2.31. The highest BCUT2D eigenvalue weighted by molar-refractivity contribution is 7.09. The number of hydrogen-bond acceptors (Lipinski definition) is 5. The number of carbonyl (C=O) groups excluding carboxylic acids is 3. The number of para-hydroxylation sites is 2. The summed E-state index contributed by atoms with van der Waals surface area (Å²) in [5, 5.41) is 6.27. The van der Waals surface area contributed by atoms with E-state index in [1.165, 1.54) is 11.3 Å². The van der Waals surface area contributed by atoms with Gasteiger partial charge in [-0.25, -0.2) is 15.2 Å². The molecule has 1 fully saturated rings. The molecule has 0 radical (unpaired) electrons. The second-order valence-electron chi connectivity index (χ2n) is 8.66. The quantitative estimate of drug-likeness (QED) is 0.308. The second-order valence-corrected chi connectivity index (χ2v) is 9.55. The number of benzene rings is 2. The van der Waals surface area contributed by atoms with E-state index < -0.39 is 11.9 Å². The molecule has 2 aromatic carbocycles. The number of anilines is 1. The molecule has 1 aliphatic heterocycles. The number of nitrogens with one attached hydrogen (secondary N) is 4. The van der Waals surface area contributed by atoms with E-state index in [-0.39, 0.29) is 17.5 Å². The molecule has 36 heavy (non-hydrogen) atoms. The Bertz CT molecular complexity index is 1370. The fourth-order valence-electron chi connectivity index (χ4n) is 4.37. The van der Waals surface area contributed by atoms with Crippen LogP contribution < -0.4 is 16.2 Å². The van der Waals surface area contributed by atoms with Crippen LogP contribution >= 0.6 is 11.3 Å². The molecule has 4 aromatic rings. The first-order valence-corrected chi connectivity index (χ1v) is 12.7. The Morgan fingerprint density at radius 3 is 2.56 bits per heavy atom. The zero-order valence-electron chi connectivity index (χ0n) is 19.5. The third-order valence-corrected chi connectivity index (χ3v) is 7.30. The van der Waals surface area contributed by atoms with Crippen LogP contribution in [0, 0.1) is 0 Å². The van der Waals surface area contributed by atoms with Crippen LogP contribution in [0.15, 0.2) is 66.2 Å². The molecule has 10 heteroatoms. The van der Waals surface area contributed by atoms with E-state index in [0.717, 1.165) is 34.3 Å². The SMILES string of the molecule is O=C(NNC(=O)c1csc(C2CCN(C(=O)Cc3c[nH]c4ccccc34)CC2)n1)Nc1ccccc1. The lowest BCUT2D eigenvalue weighted by molar-refractivity contribution is -0.131. The average Bonchev–Trinajstić information content (AvgIpc) is 3.56. The largest absolute Gasteiger partial charge is 0.361 e. The minimum Gasteiger partial charge on any atom is -0.361 e. The number of urea groups is 1. The number of amides is 4. The summed E-state index contributed by atoms with van der Waals surface area (Å²) in [6, 6.07) is 16.4. The number of nitrogens with zero attached hydrogens (tertiary/aromatic N) is 2. The predicted molar refractivity (Wildman–Crippen MR) is 139 cm³/mol. The van der Waals surface area contributed by atoms with Gasteiger partial charge in [-0.3, -0.25) is 15.0 Å². The van der Waals surface area contributed by atoms with Crippen LogP contribution in [0.5, 0.6) is 0 Å². The summed E-state index contributed by atoms with van der Waals surface area (Å²) in [5.41, 5.74) is 7.64. The highest BCUT2D eigenvalue weighted by atomic mass is 32.1. The van der Waals surface area contributed by atoms with Crippen LogP contribution in [0.25, 0.3) is 10.9 Å². The Labute approximate surface area is 211 Å². The summed E-state index contributed by atoms with van der Waals surface area (Å²) in [6.07, 6.45) is 3.89. The summed E-state index contributed by atoms with van der Waals surface area (Å²) in [7, 11) is 0. The third-order valence-electron chi connectivity index (χ3n) is 6.29. The van der Waals surface area contributed by atoms with Gasteiger partial charge in [0.05, 0.1) is 11.4 Å².